The summed E-state index contributed by atoms with van der Waals surface area (Å²) in [5.41, 5.74) is 5.33. The number of hydrogen-bond donors (Lipinski definition) is 0. The minimum atomic E-state index is -0.0517. The summed E-state index contributed by atoms with van der Waals surface area (Å²) in [6.45, 7) is 1.93. The zero-order valence-electron chi connectivity index (χ0n) is 17.5. The van der Waals surface area contributed by atoms with Gasteiger partial charge >= 0.3 is 0 Å². The van der Waals surface area contributed by atoms with E-state index in [2.05, 4.69) is 18.2 Å². The van der Waals surface area contributed by atoms with E-state index in [1.165, 1.54) is 11.1 Å². The van der Waals surface area contributed by atoms with Crippen molar-refractivity contribution in [1.29, 1.82) is 0 Å². The number of benzene rings is 3. The monoisotopic (exact) mass is 462 g/mol. The van der Waals surface area contributed by atoms with Crippen LogP contribution in [0.15, 0.2) is 72.8 Å². The normalized spacial score (nSPS) is 18.0. The highest BCUT2D eigenvalue weighted by Gasteiger charge is 2.33. The Morgan fingerprint density at radius 1 is 0.969 bits per heavy atom. The molecule has 0 aliphatic carbocycles. The highest BCUT2D eigenvalue weighted by molar-refractivity contribution is 8.00. The third-order valence-electron chi connectivity index (χ3n) is 6.09. The number of amides is 2. The van der Waals surface area contributed by atoms with Gasteiger partial charge in [0.25, 0.3) is 5.91 Å². The van der Waals surface area contributed by atoms with Gasteiger partial charge in [0.15, 0.2) is 0 Å². The first-order valence-electron chi connectivity index (χ1n) is 10.7. The topological polar surface area (TPSA) is 40.6 Å². The highest BCUT2D eigenvalue weighted by Crippen LogP contribution is 2.39. The summed E-state index contributed by atoms with van der Waals surface area (Å²) in [6, 6.07) is 23.7. The molecule has 0 spiro atoms. The Hall–Kier alpha value is -2.76. The van der Waals surface area contributed by atoms with Crippen molar-refractivity contribution in [2.75, 3.05) is 12.3 Å². The van der Waals surface area contributed by atoms with Crippen LogP contribution in [0.3, 0.4) is 0 Å². The minimum Gasteiger partial charge on any atom is -0.334 e. The van der Waals surface area contributed by atoms with Gasteiger partial charge in [-0.1, -0.05) is 60.1 Å². The molecule has 3 aromatic rings. The van der Waals surface area contributed by atoms with Crippen molar-refractivity contribution < 1.29 is 9.59 Å². The summed E-state index contributed by atoms with van der Waals surface area (Å²) >= 11 is 7.61. The van der Waals surface area contributed by atoms with E-state index >= 15 is 0 Å². The Morgan fingerprint density at radius 3 is 2.44 bits per heavy atom. The van der Waals surface area contributed by atoms with Crippen LogP contribution in [0.5, 0.6) is 0 Å². The highest BCUT2D eigenvalue weighted by atomic mass is 35.5. The number of fused-ring (bicyclic) bond motifs is 1. The van der Waals surface area contributed by atoms with Gasteiger partial charge < -0.3 is 9.80 Å². The molecule has 2 aliphatic heterocycles. The van der Waals surface area contributed by atoms with Gasteiger partial charge in [-0.15, -0.1) is 11.8 Å². The number of carbonyl (C=O) groups is 2. The fraction of sp³-hybridized carbons (Fsp3) is 0.231. The van der Waals surface area contributed by atoms with E-state index in [0.717, 1.165) is 24.1 Å². The molecule has 6 heteroatoms. The van der Waals surface area contributed by atoms with Crippen LogP contribution >= 0.6 is 23.4 Å². The van der Waals surface area contributed by atoms with Crippen LogP contribution in [0.1, 0.15) is 38.0 Å². The fourth-order valence-corrected chi connectivity index (χ4v) is 5.64. The van der Waals surface area contributed by atoms with Crippen LogP contribution in [-0.4, -0.2) is 33.9 Å². The van der Waals surface area contributed by atoms with Crippen molar-refractivity contribution in [3.05, 3.63) is 106 Å². The second-order valence-corrected chi connectivity index (χ2v) is 9.68. The van der Waals surface area contributed by atoms with Crippen molar-refractivity contribution in [2.45, 2.75) is 24.9 Å². The van der Waals surface area contributed by atoms with Gasteiger partial charge in [-0.3, -0.25) is 9.59 Å². The number of hydrogen-bond acceptors (Lipinski definition) is 3. The van der Waals surface area contributed by atoms with Crippen molar-refractivity contribution in [2.24, 2.45) is 0 Å². The fourth-order valence-electron chi connectivity index (χ4n) is 4.33. The van der Waals surface area contributed by atoms with Gasteiger partial charge in [0.05, 0.1) is 5.75 Å². The van der Waals surface area contributed by atoms with Crippen molar-refractivity contribution in [3.8, 4) is 0 Å². The molecule has 0 aromatic heterocycles. The third kappa shape index (κ3) is 4.27. The van der Waals surface area contributed by atoms with Crippen molar-refractivity contribution >= 4 is 35.2 Å². The summed E-state index contributed by atoms with van der Waals surface area (Å²) in [5, 5.41) is 0.633. The molecule has 2 heterocycles. The lowest BCUT2D eigenvalue weighted by atomic mass is 9.99. The predicted octanol–water partition coefficient (Wildman–Crippen LogP) is 5.31. The van der Waals surface area contributed by atoms with Crippen LogP contribution in [0.4, 0.5) is 0 Å². The molecule has 1 atom stereocenters. The lowest BCUT2D eigenvalue weighted by Gasteiger charge is -2.29. The molecule has 0 saturated carbocycles. The number of nitrogens with zero attached hydrogens (tertiary/aromatic N) is 2. The smallest absolute Gasteiger partial charge is 0.254 e. The van der Waals surface area contributed by atoms with Gasteiger partial charge in [-0.2, -0.15) is 0 Å². The number of rotatable bonds is 4. The van der Waals surface area contributed by atoms with E-state index < -0.39 is 0 Å². The van der Waals surface area contributed by atoms with Crippen LogP contribution in [0.25, 0.3) is 0 Å². The number of thioether (sulfide) groups is 1. The number of halogens is 1. The van der Waals surface area contributed by atoms with E-state index in [0.29, 0.717) is 29.4 Å². The van der Waals surface area contributed by atoms with Gasteiger partial charge in [0.2, 0.25) is 5.91 Å². The van der Waals surface area contributed by atoms with Crippen molar-refractivity contribution in [3.63, 3.8) is 0 Å². The molecule has 162 valence electrons. The molecule has 0 unspecified atom stereocenters. The zero-order valence-corrected chi connectivity index (χ0v) is 19.1. The number of carbonyl (C=O) groups excluding carboxylic acids is 2. The molecule has 5 rings (SSSR count). The quantitative estimate of drug-likeness (QED) is 0.527. The molecule has 2 aliphatic rings. The zero-order chi connectivity index (χ0) is 22.1. The van der Waals surface area contributed by atoms with E-state index in [9.17, 15) is 9.59 Å². The molecule has 1 saturated heterocycles. The van der Waals surface area contributed by atoms with Crippen molar-refractivity contribution in [1.82, 2.24) is 9.80 Å². The van der Waals surface area contributed by atoms with Gasteiger partial charge in [0, 0.05) is 30.2 Å². The van der Waals surface area contributed by atoms with E-state index in [-0.39, 0.29) is 17.2 Å². The molecular weight excluding hydrogens is 440 g/mol. The maximum Gasteiger partial charge on any atom is 0.254 e. The average Bonchev–Trinajstić information content (AvgIpc) is 3.19. The first-order chi connectivity index (χ1) is 15.6. The van der Waals surface area contributed by atoms with E-state index in [1.807, 2.05) is 64.4 Å². The first-order valence-corrected chi connectivity index (χ1v) is 12.1. The summed E-state index contributed by atoms with van der Waals surface area (Å²) in [4.78, 5) is 29.4. The summed E-state index contributed by atoms with van der Waals surface area (Å²) in [7, 11) is 0. The molecule has 32 heavy (non-hydrogen) atoms. The Morgan fingerprint density at radius 2 is 1.69 bits per heavy atom. The lowest BCUT2D eigenvalue weighted by Crippen LogP contribution is -2.35. The summed E-state index contributed by atoms with van der Waals surface area (Å²) < 4.78 is 0. The predicted molar refractivity (Wildman–Crippen MR) is 129 cm³/mol. The van der Waals surface area contributed by atoms with Gasteiger partial charge in [-0.05, 0) is 52.9 Å². The first kappa shape index (κ1) is 21.1. The average molecular weight is 463 g/mol. The standard InChI is InChI=1S/C26H23ClN2O2S/c27-23-11-5-18(6-12-23)15-29-24(30)17-32-26(29)21-9-7-20(8-10-21)25(31)28-14-13-19-3-1-2-4-22(19)16-28/h1-12,26H,13-17H2/t26-/m1/s1. The van der Waals surface area contributed by atoms with E-state index in [1.54, 1.807) is 11.8 Å². The molecular formula is C26H23ClN2O2S. The minimum absolute atomic E-state index is 0.0517. The lowest BCUT2D eigenvalue weighted by molar-refractivity contribution is -0.128. The second-order valence-electron chi connectivity index (χ2n) is 8.18. The Labute approximate surface area is 197 Å². The summed E-state index contributed by atoms with van der Waals surface area (Å²) in [6.07, 6.45) is 0.889. The molecule has 0 bridgehead atoms. The molecule has 0 radical (unpaired) electrons. The molecule has 1 fully saturated rings. The third-order valence-corrected chi connectivity index (χ3v) is 7.60. The van der Waals surface area contributed by atoms with Gasteiger partial charge in [0.1, 0.15) is 5.37 Å². The Balaban J connectivity index is 1.30. The second kappa shape index (κ2) is 9.00. The van der Waals surface area contributed by atoms with Crippen LogP contribution < -0.4 is 0 Å². The van der Waals surface area contributed by atoms with Crippen LogP contribution in [-0.2, 0) is 24.3 Å². The molecule has 3 aromatic carbocycles. The maximum absolute atomic E-state index is 13.1. The maximum atomic E-state index is 13.1. The Bertz CT molecular complexity index is 1150. The largest absolute Gasteiger partial charge is 0.334 e. The summed E-state index contributed by atoms with van der Waals surface area (Å²) in [5.74, 6) is 0.646. The van der Waals surface area contributed by atoms with Crippen LogP contribution in [0, 0.1) is 0 Å². The van der Waals surface area contributed by atoms with Crippen LogP contribution in [0.2, 0.25) is 5.02 Å². The SMILES string of the molecule is O=C(c1ccc([C@H]2SCC(=O)N2Cc2ccc(Cl)cc2)cc1)N1CCc2ccccc2C1. The van der Waals surface area contributed by atoms with Gasteiger partial charge in [-0.25, -0.2) is 0 Å². The molecule has 0 N–H and O–H groups in total. The van der Waals surface area contributed by atoms with E-state index in [4.69, 9.17) is 11.6 Å². The molecule has 4 nitrogen and oxygen atoms in total. The molecule has 2 amide bonds. The Kier molecular flexibility index (Phi) is 5.94.